The number of hydrogen-bond donors (Lipinski definition) is 1. The van der Waals surface area contributed by atoms with Crippen LogP contribution in [0.2, 0.25) is 0 Å². The number of aliphatic hydroxyl groups is 1. The molecule has 0 spiro atoms. The van der Waals surface area contributed by atoms with Crippen LogP contribution in [-0.4, -0.2) is 85.1 Å². The predicted molar refractivity (Wildman–Crippen MR) is 134 cm³/mol. The van der Waals surface area contributed by atoms with Gasteiger partial charge in [0.2, 0.25) is 0 Å². The summed E-state index contributed by atoms with van der Waals surface area (Å²) in [6.07, 6.45) is 0.578. The molecule has 1 amide bonds. The Morgan fingerprint density at radius 2 is 1.81 bits per heavy atom. The molecule has 2 aliphatic heterocycles. The van der Waals surface area contributed by atoms with Gasteiger partial charge in [-0.05, 0) is 30.2 Å². The average Bonchev–Trinajstić information content (AvgIpc) is 3.18. The van der Waals surface area contributed by atoms with Crippen LogP contribution in [0.3, 0.4) is 0 Å². The first-order valence-electron chi connectivity index (χ1n) is 11.9. The number of hydrogen-bond acceptors (Lipinski definition) is 9. The summed E-state index contributed by atoms with van der Waals surface area (Å²) in [4.78, 5) is 40.9. The Bertz CT molecular complexity index is 1220. The number of nitrogens with zero attached hydrogens (tertiary/aromatic N) is 3. The van der Waals surface area contributed by atoms with Crippen LogP contribution in [0, 0.1) is 10.1 Å². The molecular weight excluding hydrogens is 482 g/mol. The lowest BCUT2D eigenvalue weighted by atomic mass is 9.94. The molecular formula is C26H29N3O8. The number of non-ortho nitro benzene ring substituents is 1. The van der Waals surface area contributed by atoms with E-state index in [1.54, 1.807) is 18.2 Å². The fourth-order valence-corrected chi connectivity index (χ4v) is 4.69. The molecule has 11 nitrogen and oxygen atoms in total. The minimum absolute atomic E-state index is 0.135. The average molecular weight is 512 g/mol. The summed E-state index contributed by atoms with van der Waals surface area (Å²) >= 11 is 0. The van der Waals surface area contributed by atoms with Gasteiger partial charge in [-0.15, -0.1) is 0 Å². The lowest BCUT2D eigenvalue weighted by Crippen LogP contribution is -2.39. The molecule has 2 aromatic carbocycles. The molecule has 2 fully saturated rings. The van der Waals surface area contributed by atoms with Crippen LogP contribution in [0.5, 0.6) is 11.5 Å². The molecule has 0 aliphatic carbocycles. The van der Waals surface area contributed by atoms with Crippen LogP contribution in [0.4, 0.5) is 5.69 Å². The van der Waals surface area contributed by atoms with Crippen LogP contribution in [-0.2, 0) is 14.3 Å². The second-order valence-electron chi connectivity index (χ2n) is 8.72. The number of Topliss-reactive ketones (excluding diaryl/α,β-unsaturated/α-hetero) is 1. The van der Waals surface area contributed by atoms with Crippen molar-refractivity contribution in [2.75, 3.05) is 53.6 Å². The third-order valence-electron chi connectivity index (χ3n) is 6.57. The molecule has 1 atom stereocenters. The minimum atomic E-state index is -0.988. The summed E-state index contributed by atoms with van der Waals surface area (Å²) in [5.41, 5.74) is 0.299. The van der Waals surface area contributed by atoms with Crippen LogP contribution in [0.25, 0.3) is 5.76 Å². The van der Waals surface area contributed by atoms with Gasteiger partial charge in [-0.2, -0.15) is 0 Å². The summed E-state index contributed by atoms with van der Waals surface area (Å²) in [5, 5.41) is 22.7. The zero-order valence-electron chi connectivity index (χ0n) is 20.7. The molecule has 2 heterocycles. The molecule has 2 saturated heterocycles. The van der Waals surface area contributed by atoms with Crippen molar-refractivity contribution in [2.45, 2.75) is 12.5 Å². The summed E-state index contributed by atoms with van der Waals surface area (Å²) < 4.78 is 15.9. The van der Waals surface area contributed by atoms with Crippen molar-refractivity contribution in [3.05, 3.63) is 69.3 Å². The molecule has 1 N–H and O–H groups in total. The first-order chi connectivity index (χ1) is 17.8. The minimum Gasteiger partial charge on any atom is -0.507 e. The molecule has 0 aromatic heterocycles. The highest BCUT2D eigenvalue weighted by Gasteiger charge is 2.46. The molecule has 1 unspecified atom stereocenters. The maximum atomic E-state index is 13.2. The van der Waals surface area contributed by atoms with E-state index in [-0.39, 0.29) is 23.4 Å². The Morgan fingerprint density at radius 1 is 1.08 bits per heavy atom. The van der Waals surface area contributed by atoms with Crippen LogP contribution >= 0.6 is 0 Å². The Labute approximate surface area is 214 Å². The van der Waals surface area contributed by atoms with Crippen molar-refractivity contribution in [3.8, 4) is 11.5 Å². The third kappa shape index (κ3) is 5.42. The third-order valence-corrected chi connectivity index (χ3v) is 6.57. The van der Waals surface area contributed by atoms with Gasteiger partial charge in [0.15, 0.2) is 11.5 Å². The number of rotatable bonds is 9. The number of aliphatic hydroxyl groups excluding tert-OH is 1. The van der Waals surface area contributed by atoms with E-state index in [0.717, 1.165) is 13.1 Å². The SMILES string of the molecule is COc1ccc(/C(O)=C2/C(=O)C(=O)N(CCCN3CCOCC3)C2c2cccc([N+](=O)[O-])c2)cc1OC. The van der Waals surface area contributed by atoms with Crippen molar-refractivity contribution in [2.24, 2.45) is 0 Å². The molecule has 196 valence electrons. The number of ether oxygens (including phenoxy) is 3. The second-order valence-corrected chi connectivity index (χ2v) is 8.72. The summed E-state index contributed by atoms with van der Waals surface area (Å²) in [7, 11) is 2.92. The highest BCUT2D eigenvalue weighted by molar-refractivity contribution is 6.46. The Balaban J connectivity index is 1.74. The van der Waals surface area contributed by atoms with Crippen LogP contribution < -0.4 is 9.47 Å². The number of nitro groups is 1. The van der Waals surface area contributed by atoms with E-state index in [4.69, 9.17) is 14.2 Å². The van der Waals surface area contributed by atoms with Gasteiger partial charge in [0, 0.05) is 43.9 Å². The van der Waals surface area contributed by atoms with Gasteiger partial charge in [0.1, 0.15) is 5.76 Å². The molecule has 0 bridgehead atoms. The van der Waals surface area contributed by atoms with E-state index in [1.165, 1.54) is 43.4 Å². The van der Waals surface area contributed by atoms with E-state index in [2.05, 4.69) is 4.90 Å². The Morgan fingerprint density at radius 3 is 2.49 bits per heavy atom. The van der Waals surface area contributed by atoms with Gasteiger partial charge in [0.05, 0.1) is 44.0 Å². The fourth-order valence-electron chi connectivity index (χ4n) is 4.69. The molecule has 0 radical (unpaired) electrons. The van der Waals surface area contributed by atoms with Crippen molar-refractivity contribution in [1.29, 1.82) is 0 Å². The Kier molecular flexibility index (Phi) is 8.04. The molecule has 11 heteroatoms. The number of likely N-dealkylation sites (tertiary alicyclic amines) is 1. The lowest BCUT2D eigenvalue weighted by molar-refractivity contribution is -0.384. The summed E-state index contributed by atoms with van der Waals surface area (Å²) in [6.45, 7) is 3.79. The number of carbonyl (C=O) groups is 2. The van der Waals surface area contributed by atoms with E-state index in [9.17, 15) is 24.8 Å². The van der Waals surface area contributed by atoms with Gasteiger partial charge in [-0.1, -0.05) is 12.1 Å². The van der Waals surface area contributed by atoms with Crippen molar-refractivity contribution < 1.29 is 33.8 Å². The molecule has 0 saturated carbocycles. The molecule has 2 aliphatic rings. The van der Waals surface area contributed by atoms with Crippen molar-refractivity contribution in [3.63, 3.8) is 0 Å². The van der Waals surface area contributed by atoms with Crippen molar-refractivity contribution >= 4 is 23.1 Å². The van der Waals surface area contributed by atoms with E-state index < -0.39 is 28.4 Å². The number of ketones is 1. The zero-order chi connectivity index (χ0) is 26.5. The van der Waals surface area contributed by atoms with Gasteiger partial charge in [0.25, 0.3) is 17.4 Å². The van der Waals surface area contributed by atoms with Gasteiger partial charge >= 0.3 is 0 Å². The molecule has 4 rings (SSSR count). The first kappa shape index (κ1) is 26.1. The topological polar surface area (TPSA) is 132 Å². The van der Waals surface area contributed by atoms with E-state index >= 15 is 0 Å². The van der Waals surface area contributed by atoms with Gasteiger partial charge < -0.3 is 24.2 Å². The normalized spacial score (nSPS) is 19.7. The predicted octanol–water partition coefficient (Wildman–Crippen LogP) is 2.76. The molecule has 2 aromatic rings. The van der Waals surface area contributed by atoms with Crippen LogP contribution in [0.1, 0.15) is 23.6 Å². The summed E-state index contributed by atoms with van der Waals surface area (Å²) in [6, 6.07) is 9.41. The quantitative estimate of drug-likeness (QED) is 0.177. The number of amides is 1. The monoisotopic (exact) mass is 511 g/mol. The molecule has 37 heavy (non-hydrogen) atoms. The van der Waals surface area contributed by atoms with Gasteiger partial charge in [-0.25, -0.2) is 0 Å². The number of methoxy groups -OCH3 is 2. The zero-order valence-corrected chi connectivity index (χ0v) is 20.7. The lowest BCUT2D eigenvalue weighted by Gasteiger charge is -2.29. The number of nitro benzene ring substituents is 1. The highest BCUT2D eigenvalue weighted by atomic mass is 16.6. The van der Waals surface area contributed by atoms with Crippen LogP contribution in [0.15, 0.2) is 48.0 Å². The Hall–Kier alpha value is -3.96. The number of morpholine rings is 1. The number of benzene rings is 2. The smallest absolute Gasteiger partial charge is 0.295 e. The standard InChI is InChI=1S/C26H29N3O8/c1-35-20-8-7-18(16-21(20)36-2)24(30)22-23(17-5-3-6-19(15-17)29(33)34)28(26(32)25(22)31)10-4-9-27-11-13-37-14-12-27/h3,5-8,15-16,23,30H,4,9-14H2,1-2H3/b24-22-. The van der Waals surface area contributed by atoms with E-state index in [0.29, 0.717) is 43.2 Å². The second kappa shape index (κ2) is 11.4. The fraction of sp³-hybridized carbons (Fsp3) is 0.385. The van der Waals surface area contributed by atoms with E-state index in [1.807, 2.05) is 0 Å². The first-order valence-corrected chi connectivity index (χ1v) is 11.9. The maximum Gasteiger partial charge on any atom is 0.295 e. The highest BCUT2D eigenvalue weighted by Crippen LogP contribution is 2.41. The summed E-state index contributed by atoms with van der Waals surface area (Å²) in [5.74, 6) is -1.25. The number of carbonyl (C=O) groups excluding carboxylic acids is 2. The maximum absolute atomic E-state index is 13.2. The largest absolute Gasteiger partial charge is 0.507 e. The van der Waals surface area contributed by atoms with Gasteiger partial charge in [-0.3, -0.25) is 24.6 Å². The van der Waals surface area contributed by atoms with Crippen molar-refractivity contribution in [1.82, 2.24) is 9.80 Å².